The summed E-state index contributed by atoms with van der Waals surface area (Å²) in [6.45, 7) is 7.90. The first kappa shape index (κ1) is 11.2. The van der Waals surface area contributed by atoms with Gasteiger partial charge < -0.3 is 5.32 Å². The number of nitrogens with one attached hydrogen (secondary N) is 1. The van der Waals surface area contributed by atoms with E-state index in [4.69, 9.17) is 11.6 Å². The van der Waals surface area contributed by atoms with Crippen LogP contribution in [0.5, 0.6) is 0 Å². The van der Waals surface area contributed by atoms with Crippen molar-refractivity contribution in [3.63, 3.8) is 0 Å². The molecule has 0 saturated carbocycles. The van der Waals surface area contributed by atoms with Crippen molar-refractivity contribution in [2.75, 3.05) is 11.2 Å². The van der Waals surface area contributed by atoms with Gasteiger partial charge in [-0.25, -0.2) is 9.97 Å². The van der Waals surface area contributed by atoms with Crippen molar-refractivity contribution >= 4 is 17.4 Å². The Morgan fingerprint density at radius 1 is 1.36 bits per heavy atom. The Bertz CT molecular complexity index is 303. The van der Waals surface area contributed by atoms with Crippen molar-refractivity contribution < 1.29 is 0 Å². The molecule has 14 heavy (non-hydrogen) atoms. The Morgan fingerprint density at radius 2 is 2.00 bits per heavy atom. The smallest absolute Gasteiger partial charge is 0.130 e. The molecule has 1 rings (SSSR count). The zero-order valence-corrected chi connectivity index (χ0v) is 9.81. The van der Waals surface area contributed by atoms with E-state index in [1.54, 1.807) is 0 Å². The number of aryl methyl sites for hydroxylation is 2. The second kappa shape index (κ2) is 4.13. The van der Waals surface area contributed by atoms with E-state index in [2.05, 4.69) is 15.3 Å². The maximum Gasteiger partial charge on any atom is 0.130 e. The van der Waals surface area contributed by atoms with E-state index in [1.165, 1.54) is 0 Å². The van der Waals surface area contributed by atoms with Crippen molar-refractivity contribution in [1.82, 2.24) is 9.97 Å². The van der Waals surface area contributed by atoms with Crippen LogP contribution in [-0.4, -0.2) is 21.4 Å². The number of alkyl halides is 1. The summed E-state index contributed by atoms with van der Waals surface area (Å²) in [5, 5.41) is 3.27. The van der Waals surface area contributed by atoms with Gasteiger partial charge in [0.25, 0.3) is 0 Å². The molecule has 3 nitrogen and oxygen atoms in total. The topological polar surface area (TPSA) is 37.8 Å². The van der Waals surface area contributed by atoms with Crippen LogP contribution in [0.3, 0.4) is 0 Å². The van der Waals surface area contributed by atoms with E-state index >= 15 is 0 Å². The Hall–Kier alpha value is -0.830. The highest BCUT2D eigenvalue weighted by molar-refractivity contribution is 6.18. The molecule has 0 saturated heterocycles. The average molecular weight is 214 g/mol. The number of anilines is 1. The average Bonchev–Trinajstić information content (AvgIpc) is 2.01. The maximum absolute atomic E-state index is 5.82. The summed E-state index contributed by atoms with van der Waals surface area (Å²) in [7, 11) is 0. The molecule has 78 valence electrons. The Labute approximate surface area is 89.9 Å². The summed E-state index contributed by atoms with van der Waals surface area (Å²) in [5.74, 6) is 2.15. The number of nitrogens with zero attached hydrogens (tertiary/aromatic N) is 2. The lowest BCUT2D eigenvalue weighted by Crippen LogP contribution is -2.33. The first-order valence-electron chi connectivity index (χ1n) is 4.59. The molecule has 4 heteroatoms. The molecule has 1 aromatic heterocycles. The zero-order valence-electron chi connectivity index (χ0n) is 9.06. The fourth-order valence-electron chi connectivity index (χ4n) is 1.16. The number of halogens is 1. The molecule has 0 amide bonds. The molecule has 1 N–H and O–H groups in total. The Morgan fingerprint density at radius 3 is 2.50 bits per heavy atom. The van der Waals surface area contributed by atoms with Gasteiger partial charge in [-0.2, -0.15) is 0 Å². The van der Waals surface area contributed by atoms with E-state index in [0.717, 1.165) is 17.3 Å². The highest BCUT2D eigenvalue weighted by Gasteiger charge is 2.16. The summed E-state index contributed by atoms with van der Waals surface area (Å²) in [6, 6.07) is 1.92. The molecule has 0 aliphatic rings. The third kappa shape index (κ3) is 3.14. The molecule has 0 aliphatic carbocycles. The molecule has 0 radical (unpaired) electrons. The Kier molecular flexibility index (Phi) is 3.32. The van der Waals surface area contributed by atoms with Crippen molar-refractivity contribution in [2.24, 2.45) is 0 Å². The number of hydrogen-bond acceptors (Lipinski definition) is 3. The van der Waals surface area contributed by atoms with Crippen LogP contribution in [0.25, 0.3) is 0 Å². The minimum absolute atomic E-state index is 0.144. The van der Waals surface area contributed by atoms with Crippen LogP contribution in [0.2, 0.25) is 0 Å². The molecule has 0 unspecified atom stereocenters. The van der Waals surface area contributed by atoms with Gasteiger partial charge >= 0.3 is 0 Å². The largest absolute Gasteiger partial charge is 0.364 e. The van der Waals surface area contributed by atoms with E-state index in [1.807, 2.05) is 33.8 Å². The van der Waals surface area contributed by atoms with E-state index in [9.17, 15) is 0 Å². The van der Waals surface area contributed by atoms with Gasteiger partial charge in [0.1, 0.15) is 11.6 Å². The molecule has 0 aliphatic heterocycles. The quantitative estimate of drug-likeness (QED) is 0.785. The van der Waals surface area contributed by atoms with Gasteiger partial charge in [-0.3, -0.25) is 0 Å². The molecule has 0 atom stereocenters. The minimum Gasteiger partial charge on any atom is -0.364 e. The molecule has 0 aromatic carbocycles. The molecule has 0 bridgehead atoms. The van der Waals surface area contributed by atoms with Crippen molar-refractivity contribution in [3.8, 4) is 0 Å². The number of hydrogen-bond donors (Lipinski definition) is 1. The first-order valence-corrected chi connectivity index (χ1v) is 5.13. The minimum atomic E-state index is -0.144. The highest BCUT2D eigenvalue weighted by Crippen LogP contribution is 2.14. The zero-order chi connectivity index (χ0) is 10.8. The standard InChI is InChI=1S/C10H16ClN3/c1-7-5-9(13-8(2)12-7)14-10(3,4)6-11/h5H,6H2,1-4H3,(H,12,13,14). The van der Waals surface area contributed by atoms with Gasteiger partial charge in [-0.1, -0.05) is 0 Å². The number of aromatic nitrogens is 2. The normalized spacial score (nSPS) is 11.5. The van der Waals surface area contributed by atoms with Crippen LogP contribution in [0.15, 0.2) is 6.07 Å². The van der Waals surface area contributed by atoms with Crippen LogP contribution >= 0.6 is 11.6 Å². The van der Waals surface area contributed by atoms with Gasteiger partial charge in [0.15, 0.2) is 0 Å². The molecular formula is C10H16ClN3. The van der Waals surface area contributed by atoms with Crippen molar-refractivity contribution in [2.45, 2.75) is 33.2 Å². The van der Waals surface area contributed by atoms with Crippen LogP contribution in [0.1, 0.15) is 25.4 Å². The summed E-state index contributed by atoms with van der Waals surface area (Å²) in [6.07, 6.45) is 0. The van der Waals surface area contributed by atoms with E-state index < -0.39 is 0 Å². The summed E-state index contributed by atoms with van der Waals surface area (Å²) in [5.41, 5.74) is 0.819. The van der Waals surface area contributed by atoms with Gasteiger partial charge in [-0.15, -0.1) is 11.6 Å². The summed E-state index contributed by atoms with van der Waals surface area (Å²) < 4.78 is 0. The molecule has 1 aromatic rings. The van der Waals surface area contributed by atoms with Crippen molar-refractivity contribution in [3.05, 3.63) is 17.6 Å². The van der Waals surface area contributed by atoms with Gasteiger partial charge in [0, 0.05) is 23.2 Å². The summed E-state index contributed by atoms with van der Waals surface area (Å²) in [4.78, 5) is 8.49. The van der Waals surface area contributed by atoms with Crippen LogP contribution in [-0.2, 0) is 0 Å². The highest BCUT2D eigenvalue weighted by atomic mass is 35.5. The van der Waals surface area contributed by atoms with Gasteiger partial charge in [0.05, 0.1) is 0 Å². The van der Waals surface area contributed by atoms with Crippen molar-refractivity contribution in [1.29, 1.82) is 0 Å². The molecule has 0 spiro atoms. The molecule has 1 heterocycles. The maximum atomic E-state index is 5.82. The monoisotopic (exact) mass is 213 g/mol. The third-order valence-electron chi connectivity index (χ3n) is 1.77. The molecular weight excluding hydrogens is 198 g/mol. The van der Waals surface area contributed by atoms with Crippen LogP contribution in [0.4, 0.5) is 5.82 Å². The second-order valence-corrected chi connectivity index (χ2v) is 4.35. The van der Waals surface area contributed by atoms with E-state index in [-0.39, 0.29) is 5.54 Å². The summed E-state index contributed by atoms with van der Waals surface area (Å²) >= 11 is 5.82. The lowest BCUT2D eigenvalue weighted by Gasteiger charge is -2.24. The lowest BCUT2D eigenvalue weighted by atomic mass is 10.1. The predicted molar refractivity (Wildman–Crippen MR) is 59.9 cm³/mol. The molecule has 0 fully saturated rings. The van der Waals surface area contributed by atoms with Crippen LogP contribution < -0.4 is 5.32 Å². The Balaban J connectivity index is 2.87. The van der Waals surface area contributed by atoms with Crippen LogP contribution in [0, 0.1) is 13.8 Å². The number of rotatable bonds is 3. The van der Waals surface area contributed by atoms with Gasteiger partial charge in [0.2, 0.25) is 0 Å². The fourth-order valence-corrected chi connectivity index (χ4v) is 1.23. The third-order valence-corrected chi connectivity index (χ3v) is 2.43. The van der Waals surface area contributed by atoms with E-state index in [0.29, 0.717) is 5.88 Å². The second-order valence-electron chi connectivity index (χ2n) is 4.08. The fraction of sp³-hybridized carbons (Fsp3) is 0.600. The SMILES string of the molecule is Cc1cc(NC(C)(C)CCl)nc(C)n1. The first-order chi connectivity index (χ1) is 6.43. The lowest BCUT2D eigenvalue weighted by molar-refractivity contribution is 0.636. The van der Waals surface area contributed by atoms with Gasteiger partial charge in [-0.05, 0) is 27.7 Å². The predicted octanol–water partition coefficient (Wildman–Crippen LogP) is 2.52.